The Balaban J connectivity index is 1.77. The van der Waals surface area contributed by atoms with E-state index >= 15 is 0 Å². The topological polar surface area (TPSA) is 54.4 Å². The summed E-state index contributed by atoms with van der Waals surface area (Å²) in [4.78, 5) is 17.6. The van der Waals surface area contributed by atoms with Gasteiger partial charge in [0.05, 0.1) is 21.3 Å². The first-order chi connectivity index (χ1) is 12.5. The number of carbonyl (C=O) groups is 1. The first-order valence-electron chi connectivity index (χ1n) is 7.47. The van der Waals surface area contributed by atoms with Gasteiger partial charge in [-0.3, -0.25) is 4.79 Å². The summed E-state index contributed by atoms with van der Waals surface area (Å²) in [6.45, 7) is 1.84. The Morgan fingerprint density at radius 2 is 1.81 bits per heavy atom. The van der Waals surface area contributed by atoms with Gasteiger partial charge in [-0.15, -0.1) is 11.3 Å². The molecule has 1 heterocycles. The molecule has 0 spiro atoms. The molecule has 1 amide bonds. The number of amides is 1. The van der Waals surface area contributed by atoms with Crippen molar-refractivity contribution in [2.75, 3.05) is 0 Å². The lowest BCUT2D eigenvalue weighted by Gasteiger charge is -2.03. The van der Waals surface area contributed by atoms with Crippen molar-refractivity contribution < 1.29 is 4.79 Å². The molecule has 0 aliphatic heterocycles. The van der Waals surface area contributed by atoms with Crippen LogP contribution in [0.1, 0.15) is 20.9 Å². The number of rotatable bonds is 4. The van der Waals surface area contributed by atoms with E-state index in [2.05, 4.69) is 15.5 Å². The van der Waals surface area contributed by atoms with Crippen LogP contribution >= 0.6 is 46.1 Å². The van der Waals surface area contributed by atoms with Gasteiger partial charge in [0.25, 0.3) is 5.91 Å². The van der Waals surface area contributed by atoms with Crippen molar-refractivity contribution >= 4 is 58.3 Å². The van der Waals surface area contributed by atoms with Gasteiger partial charge in [-0.1, -0.05) is 65.1 Å². The molecule has 8 heteroatoms. The summed E-state index contributed by atoms with van der Waals surface area (Å²) < 4.78 is 0. The maximum atomic E-state index is 12.4. The number of nitrogens with one attached hydrogen (secondary N) is 1. The first kappa shape index (κ1) is 18.9. The largest absolute Gasteiger partial charge is 0.291 e. The molecule has 4 nitrogen and oxygen atoms in total. The summed E-state index contributed by atoms with van der Waals surface area (Å²) in [5.74, 6) is -0.411. The molecule has 26 heavy (non-hydrogen) atoms. The number of thiazole rings is 1. The van der Waals surface area contributed by atoms with E-state index in [4.69, 9.17) is 34.8 Å². The van der Waals surface area contributed by atoms with E-state index in [0.29, 0.717) is 21.3 Å². The third-order valence-corrected chi connectivity index (χ3v) is 5.64. The Labute approximate surface area is 169 Å². The van der Waals surface area contributed by atoms with Crippen molar-refractivity contribution in [1.82, 2.24) is 10.4 Å². The zero-order valence-electron chi connectivity index (χ0n) is 13.5. The predicted molar refractivity (Wildman–Crippen MR) is 109 cm³/mol. The van der Waals surface area contributed by atoms with E-state index in [9.17, 15) is 4.79 Å². The van der Waals surface area contributed by atoms with Gasteiger partial charge in [-0.25, -0.2) is 10.4 Å². The van der Waals surface area contributed by atoms with Crippen molar-refractivity contribution in [3.63, 3.8) is 0 Å². The van der Waals surface area contributed by atoms with Gasteiger partial charge < -0.3 is 0 Å². The van der Waals surface area contributed by atoms with Crippen LogP contribution in [0.25, 0.3) is 10.6 Å². The highest BCUT2D eigenvalue weighted by atomic mass is 35.5. The van der Waals surface area contributed by atoms with Gasteiger partial charge in [-0.05, 0) is 19.1 Å². The smallest absolute Gasteiger partial charge is 0.266 e. The third-order valence-electron chi connectivity index (χ3n) is 3.47. The molecular weight excluding hydrogens is 413 g/mol. The number of aromatic nitrogens is 1. The summed E-state index contributed by atoms with van der Waals surface area (Å²) in [6.07, 6.45) is 1.36. The van der Waals surface area contributed by atoms with Gasteiger partial charge in [0.1, 0.15) is 10.7 Å². The van der Waals surface area contributed by atoms with Crippen LogP contribution in [0.2, 0.25) is 15.1 Å². The fourth-order valence-electron chi connectivity index (χ4n) is 2.18. The molecule has 0 radical (unpaired) electrons. The van der Waals surface area contributed by atoms with E-state index in [1.165, 1.54) is 17.6 Å². The predicted octanol–water partition coefficient (Wildman–Crippen LogP) is 5.84. The van der Waals surface area contributed by atoms with Crippen LogP contribution < -0.4 is 5.43 Å². The van der Waals surface area contributed by atoms with E-state index < -0.39 is 5.91 Å². The molecule has 132 valence electrons. The van der Waals surface area contributed by atoms with Gasteiger partial charge in [-0.2, -0.15) is 5.10 Å². The zero-order valence-corrected chi connectivity index (χ0v) is 16.5. The molecule has 1 N–H and O–H groups in total. The summed E-state index contributed by atoms with van der Waals surface area (Å²) in [5.41, 5.74) is 4.16. The highest BCUT2D eigenvalue weighted by Gasteiger charge is 2.16. The Morgan fingerprint density at radius 3 is 2.54 bits per heavy atom. The van der Waals surface area contributed by atoms with Gasteiger partial charge in [0, 0.05) is 16.0 Å². The average Bonchev–Trinajstić information content (AvgIpc) is 3.04. The number of benzene rings is 2. The van der Waals surface area contributed by atoms with Crippen LogP contribution in [-0.2, 0) is 0 Å². The summed E-state index contributed by atoms with van der Waals surface area (Å²) >= 11 is 19.6. The Hall–Kier alpha value is -1.92. The van der Waals surface area contributed by atoms with Crippen LogP contribution in [0.3, 0.4) is 0 Å². The molecule has 0 aliphatic carbocycles. The second kappa shape index (κ2) is 8.18. The molecule has 0 saturated carbocycles. The molecule has 0 bridgehead atoms. The number of carbonyl (C=O) groups excluding carboxylic acids is 1. The van der Waals surface area contributed by atoms with Crippen molar-refractivity contribution in [3.05, 3.63) is 73.7 Å². The molecule has 3 aromatic rings. The Morgan fingerprint density at radius 1 is 1.12 bits per heavy atom. The minimum Gasteiger partial charge on any atom is -0.266 e. The average molecular weight is 425 g/mol. The Bertz CT molecular complexity index is 987. The highest BCUT2D eigenvalue weighted by molar-refractivity contribution is 7.15. The maximum absolute atomic E-state index is 12.4. The van der Waals surface area contributed by atoms with E-state index in [-0.39, 0.29) is 5.02 Å². The number of hydrogen-bond donors (Lipinski definition) is 1. The van der Waals surface area contributed by atoms with Gasteiger partial charge in [0.15, 0.2) is 0 Å². The van der Waals surface area contributed by atoms with E-state index in [0.717, 1.165) is 15.4 Å². The third kappa shape index (κ3) is 4.07. The number of hydrogen-bond acceptors (Lipinski definition) is 4. The second-order valence-electron chi connectivity index (χ2n) is 5.25. The standard InChI is InChI=1S/C18H12Cl3N3OS/c1-10-16(23-18(26-10)11-5-3-2-4-6-11)17(25)24-22-9-12-13(19)7-8-14(20)15(12)21/h2-9H,1H3,(H,24,25)/b22-9-. The molecule has 2 aromatic carbocycles. The van der Waals surface area contributed by atoms with Crippen LogP contribution in [0.15, 0.2) is 47.6 Å². The van der Waals surface area contributed by atoms with Crippen molar-refractivity contribution in [2.45, 2.75) is 6.92 Å². The lowest BCUT2D eigenvalue weighted by Crippen LogP contribution is -2.19. The molecule has 0 aliphatic rings. The van der Waals surface area contributed by atoms with Crippen LogP contribution in [0.4, 0.5) is 0 Å². The highest BCUT2D eigenvalue weighted by Crippen LogP contribution is 2.30. The molecular formula is C18H12Cl3N3OS. The minimum absolute atomic E-state index is 0.272. The van der Waals surface area contributed by atoms with E-state index in [1.807, 2.05) is 37.3 Å². The summed E-state index contributed by atoms with van der Waals surface area (Å²) in [5, 5.41) is 5.70. The van der Waals surface area contributed by atoms with Crippen LogP contribution in [0.5, 0.6) is 0 Å². The quantitative estimate of drug-likeness (QED) is 0.325. The lowest BCUT2D eigenvalue weighted by atomic mass is 10.2. The fourth-order valence-corrected chi connectivity index (χ4v) is 3.73. The normalized spacial score (nSPS) is 11.1. The molecule has 0 unspecified atom stereocenters. The molecule has 1 aromatic heterocycles. The summed E-state index contributed by atoms with van der Waals surface area (Å²) in [6, 6.07) is 12.9. The fraction of sp³-hybridized carbons (Fsp3) is 0.0556. The minimum atomic E-state index is -0.411. The van der Waals surface area contributed by atoms with Crippen LogP contribution in [0, 0.1) is 6.92 Å². The van der Waals surface area contributed by atoms with Gasteiger partial charge in [0.2, 0.25) is 0 Å². The number of nitrogens with zero attached hydrogens (tertiary/aromatic N) is 2. The zero-order chi connectivity index (χ0) is 18.7. The van der Waals surface area contributed by atoms with Crippen molar-refractivity contribution in [1.29, 1.82) is 0 Å². The van der Waals surface area contributed by atoms with E-state index in [1.54, 1.807) is 12.1 Å². The second-order valence-corrected chi connectivity index (χ2v) is 7.64. The van der Waals surface area contributed by atoms with Crippen LogP contribution in [-0.4, -0.2) is 17.1 Å². The molecule has 3 rings (SSSR count). The number of aryl methyl sites for hydroxylation is 1. The summed E-state index contributed by atoms with van der Waals surface area (Å²) in [7, 11) is 0. The first-order valence-corrected chi connectivity index (χ1v) is 9.42. The number of halogens is 3. The van der Waals surface area contributed by atoms with Crippen molar-refractivity contribution in [2.24, 2.45) is 5.10 Å². The number of hydrazone groups is 1. The molecule has 0 atom stereocenters. The monoisotopic (exact) mass is 423 g/mol. The SMILES string of the molecule is Cc1sc(-c2ccccc2)nc1C(=O)N/N=C\c1c(Cl)ccc(Cl)c1Cl. The molecule has 0 saturated heterocycles. The molecule has 0 fully saturated rings. The van der Waals surface area contributed by atoms with Gasteiger partial charge >= 0.3 is 0 Å². The maximum Gasteiger partial charge on any atom is 0.291 e. The Kier molecular flexibility index (Phi) is 5.94. The van der Waals surface area contributed by atoms with Crippen molar-refractivity contribution in [3.8, 4) is 10.6 Å². The lowest BCUT2D eigenvalue weighted by molar-refractivity contribution is 0.0950.